The number of carbonyl (C=O) groups excluding carboxylic acids is 1. The Balaban J connectivity index is 2.49. The summed E-state index contributed by atoms with van der Waals surface area (Å²) in [6.45, 7) is 1.38. The number of esters is 1. The molecule has 0 aromatic heterocycles. The topological polar surface area (TPSA) is 35.5 Å². The molecule has 0 N–H and O–H groups in total. The number of halogens is 1. The Kier molecular flexibility index (Phi) is 4.22. The van der Waals surface area contributed by atoms with Gasteiger partial charge in [0.1, 0.15) is 11.5 Å². The molecule has 0 saturated carbocycles. The normalized spacial score (nSPS) is 10.1. The Morgan fingerprint density at radius 1 is 1.16 bits per heavy atom. The van der Waals surface area contributed by atoms with Crippen LogP contribution in [0.5, 0.6) is 11.5 Å². The summed E-state index contributed by atoms with van der Waals surface area (Å²) < 4.78 is 11.3. The molecule has 2 aromatic rings. The van der Waals surface area contributed by atoms with Crippen LogP contribution in [0.25, 0.3) is 11.1 Å². The van der Waals surface area contributed by atoms with Gasteiger partial charge in [-0.3, -0.25) is 4.79 Å². The van der Waals surface area contributed by atoms with Crippen molar-refractivity contribution in [1.29, 1.82) is 0 Å². The monoisotopic (exact) mass is 320 g/mol. The number of hydrogen-bond donors (Lipinski definition) is 0. The first kappa shape index (κ1) is 13.6. The van der Waals surface area contributed by atoms with Crippen molar-refractivity contribution in [3.05, 3.63) is 46.9 Å². The van der Waals surface area contributed by atoms with E-state index < -0.39 is 0 Å². The third-order valence-electron chi connectivity index (χ3n) is 2.55. The first-order chi connectivity index (χ1) is 9.10. The Hall–Kier alpha value is -1.81. The van der Waals surface area contributed by atoms with Gasteiger partial charge in [0.25, 0.3) is 0 Å². The lowest BCUT2D eigenvalue weighted by Gasteiger charge is -2.10. The van der Waals surface area contributed by atoms with Crippen LogP contribution in [0.4, 0.5) is 0 Å². The van der Waals surface area contributed by atoms with Crippen molar-refractivity contribution in [2.24, 2.45) is 0 Å². The quantitative estimate of drug-likeness (QED) is 0.632. The van der Waals surface area contributed by atoms with Gasteiger partial charge in [-0.15, -0.1) is 0 Å². The largest absolute Gasteiger partial charge is 0.496 e. The highest BCUT2D eigenvalue weighted by Gasteiger charge is 2.08. The summed E-state index contributed by atoms with van der Waals surface area (Å²) >= 11 is 3.41. The molecule has 98 valence electrons. The molecule has 0 spiro atoms. The molecule has 0 aliphatic rings. The number of hydrogen-bond acceptors (Lipinski definition) is 3. The van der Waals surface area contributed by atoms with Crippen molar-refractivity contribution < 1.29 is 14.3 Å². The fourth-order valence-electron chi connectivity index (χ4n) is 1.83. The van der Waals surface area contributed by atoms with Gasteiger partial charge in [-0.25, -0.2) is 0 Å². The molecule has 2 rings (SSSR count). The lowest BCUT2D eigenvalue weighted by molar-refractivity contribution is -0.131. The average molecular weight is 321 g/mol. The predicted molar refractivity (Wildman–Crippen MR) is 77.4 cm³/mol. The molecule has 3 nitrogen and oxygen atoms in total. The van der Waals surface area contributed by atoms with Crippen LogP contribution in [0.1, 0.15) is 6.92 Å². The molecule has 0 atom stereocenters. The van der Waals surface area contributed by atoms with Crippen molar-refractivity contribution in [3.8, 4) is 22.6 Å². The lowest BCUT2D eigenvalue weighted by atomic mass is 10.0. The molecular formula is C15H13BrO3. The molecule has 0 radical (unpaired) electrons. The van der Waals surface area contributed by atoms with Gasteiger partial charge in [0.15, 0.2) is 0 Å². The van der Waals surface area contributed by atoms with E-state index in [1.165, 1.54) is 6.92 Å². The van der Waals surface area contributed by atoms with Gasteiger partial charge in [0.2, 0.25) is 0 Å². The highest BCUT2D eigenvalue weighted by Crippen LogP contribution is 2.34. The van der Waals surface area contributed by atoms with E-state index in [-0.39, 0.29) is 5.97 Å². The van der Waals surface area contributed by atoms with E-state index in [4.69, 9.17) is 9.47 Å². The van der Waals surface area contributed by atoms with Gasteiger partial charge in [0, 0.05) is 17.0 Å². The maximum absolute atomic E-state index is 11.0. The number of carbonyl (C=O) groups is 1. The summed E-state index contributed by atoms with van der Waals surface area (Å²) in [5.74, 6) is 0.932. The summed E-state index contributed by atoms with van der Waals surface area (Å²) in [6.07, 6.45) is 0. The third-order valence-corrected chi connectivity index (χ3v) is 3.01. The molecular weight excluding hydrogens is 308 g/mol. The highest BCUT2D eigenvalue weighted by atomic mass is 79.9. The molecule has 0 amide bonds. The van der Waals surface area contributed by atoms with E-state index in [9.17, 15) is 4.79 Å². The molecule has 0 heterocycles. The Morgan fingerprint density at radius 3 is 2.58 bits per heavy atom. The van der Waals surface area contributed by atoms with Crippen LogP contribution in [0.2, 0.25) is 0 Å². The molecule has 4 heteroatoms. The van der Waals surface area contributed by atoms with Crippen LogP contribution in [0.3, 0.4) is 0 Å². The van der Waals surface area contributed by atoms with Crippen LogP contribution >= 0.6 is 15.9 Å². The fourth-order valence-corrected chi connectivity index (χ4v) is 2.30. The second-order valence-corrected chi connectivity index (χ2v) is 4.89. The Labute approximate surface area is 120 Å². The van der Waals surface area contributed by atoms with Crippen LogP contribution in [-0.2, 0) is 4.79 Å². The van der Waals surface area contributed by atoms with Crippen molar-refractivity contribution >= 4 is 21.9 Å². The van der Waals surface area contributed by atoms with E-state index >= 15 is 0 Å². The number of para-hydroxylation sites is 1. The van der Waals surface area contributed by atoms with Crippen LogP contribution < -0.4 is 9.47 Å². The second-order valence-electron chi connectivity index (χ2n) is 3.97. The van der Waals surface area contributed by atoms with E-state index in [1.807, 2.05) is 36.4 Å². The summed E-state index contributed by atoms with van der Waals surface area (Å²) in [6, 6.07) is 13.2. The predicted octanol–water partition coefficient (Wildman–Crippen LogP) is 4.05. The maximum atomic E-state index is 11.0. The Bertz CT molecular complexity index is 608. The average Bonchev–Trinajstić information content (AvgIpc) is 2.37. The molecule has 0 fully saturated rings. The molecule has 19 heavy (non-hydrogen) atoms. The number of methoxy groups -OCH3 is 1. The zero-order valence-corrected chi connectivity index (χ0v) is 12.2. The van der Waals surface area contributed by atoms with Gasteiger partial charge < -0.3 is 9.47 Å². The minimum Gasteiger partial charge on any atom is -0.496 e. The Morgan fingerprint density at radius 2 is 1.89 bits per heavy atom. The van der Waals surface area contributed by atoms with Crippen LogP contribution in [-0.4, -0.2) is 13.1 Å². The molecule has 0 bridgehead atoms. The highest BCUT2D eigenvalue weighted by molar-refractivity contribution is 9.10. The SMILES string of the molecule is COc1ccccc1-c1cc(Br)cc(OC(C)=O)c1. The lowest BCUT2D eigenvalue weighted by Crippen LogP contribution is -2.01. The van der Waals surface area contributed by atoms with Crippen LogP contribution in [0.15, 0.2) is 46.9 Å². The smallest absolute Gasteiger partial charge is 0.308 e. The minimum absolute atomic E-state index is 0.343. The number of rotatable bonds is 3. The van der Waals surface area contributed by atoms with E-state index in [0.717, 1.165) is 21.3 Å². The first-order valence-corrected chi connectivity index (χ1v) is 6.52. The van der Waals surface area contributed by atoms with Gasteiger partial charge >= 0.3 is 5.97 Å². The zero-order valence-electron chi connectivity index (χ0n) is 10.6. The number of benzene rings is 2. The maximum Gasteiger partial charge on any atom is 0.308 e. The van der Waals surface area contributed by atoms with Crippen molar-refractivity contribution in [1.82, 2.24) is 0 Å². The van der Waals surface area contributed by atoms with Crippen molar-refractivity contribution in [2.75, 3.05) is 7.11 Å². The van der Waals surface area contributed by atoms with E-state index in [1.54, 1.807) is 13.2 Å². The fraction of sp³-hybridized carbons (Fsp3) is 0.133. The summed E-state index contributed by atoms with van der Waals surface area (Å²) in [4.78, 5) is 11.0. The third kappa shape index (κ3) is 3.35. The van der Waals surface area contributed by atoms with Gasteiger partial charge in [-0.1, -0.05) is 34.1 Å². The summed E-state index contributed by atoms with van der Waals surface area (Å²) in [7, 11) is 1.63. The molecule has 0 aliphatic carbocycles. The zero-order chi connectivity index (χ0) is 13.8. The summed E-state index contributed by atoms with van der Waals surface area (Å²) in [5.41, 5.74) is 1.86. The van der Waals surface area contributed by atoms with Gasteiger partial charge in [-0.2, -0.15) is 0 Å². The van der Waals surface area contributed by atoms with Gasteiger partial charge in [-0.05, 0) is 29.8 Å². The number of ether oxygens (including phenoxy) is 2. The minimum atomic E-state index is -0.343. The summed E-state index contributed by atoms with van der Waals surface area (Å²) in [5, 5.41) is 0. The van der Waals surface area contributed by atoms with Crippen molar-refractivity contribution in [3.63, 3.8) is 0 Å². The molecule has 2 aromatic carbocycles. The van der Waals surface area contributed by atoms with Crippen LogP contribution in [0, 0.1) is 0 Å². The first-order valence-electron chi connectivity index (χ1n) is 5.72. The van der Waals surface area contributed by atoms with E-state index in [2.05, 4.69) is 15.9 Å². The van der Waals surface area contributed by atoms with Crippen molar-refractivity contribution in [2.45, 2.75) is 6.92 Å². The van der Waals surface area contributed by atoms with E-state index in [0.29, 0.717) is 5.75 Å². The standard InChI is InChI=1S/C15H13BrO3/c1-10(17)19-13-8-11(7-12(16)9-13)14-5-3-4-6-15(14)18-2/h3-9H,1-2H3. The molecule has 0 aliphatic heterocycles. The van der Waals surface area contributed by atoms with Gasteiger partial charge in [0.05, 0.1) is 7.11 Å². The second kappa shape index (κ2) is 5.89. The molecule has 0 saturated heterocycles. The molecule has 0 unspecified atom stereocenters.